The maximum absolute atomic E-state index is 12.2. The highest BCUT2D eigenvalue weighted by atomic mass is 79.9. The summed E-state index contributed by atoms with van der Waals surface area (Å²) in [6.07, 6.45) is 3.40. The van der Waals surface area contributed by atoms with E-state index in [-0.39, 0.29) is 5.41 Å². The van der Waals surface area contributed by atoms with Crippen LogP contribution in [0.5, 0.6) is 0 Å². The van der Waals surface area contributed by atoms with Gasteiger partial charge in [-0.15, -0.1) is 0 Å². The number of sulfonamides is 1. The lowest BCUT2D eigenvalue weighted by molar-refractivity contribution is 0.166. The van der Waals surface area contributed by atoms with Crippen LogP contribution in [0.3, 0.4) is 0 Å². The first-order chi connectivity index (χ1) is 8.32. The van der Waals surface area contributed by atoms with Crippen LogP contribution in [0.2, 0.25) is 0 Å². The number of hydrogen-bond donors (Lipinski definition) is 1. The molecule has 2 rings (SSSR count). The maximum Gasteiger partial charge on any atom is 0.241 e. The van der Waals surface area contributed by atoms with E-state index >= 15 is 0 Å². The molecule has 1 aliphatic carbocycles. The van der Waals surface area contributed by atoms with E-state index in [2.05, 4.69) is 27.6 Å². The SMILES string of the molecule is Cc1ccc(S(=O)(=O)NCC2(C)CCC2)c(Br)c1. The van der Waals surface area contributed by atoms with Crippen LogP contribution < -0.4 is 4.72 Å². The largest absolute Gasteiger partial charge is 0.241 e. The first kappa shape index (κ1) is 14.0. The van der Waals surface area contributed by atoms with Gasteiger partial charge in [0.05, 0.1) is 4.90 Å². The van der Waals surface area contributed by atoms with E-state index < -0.39 is 10.0 Å². The second-order valence-corrected chi connectivity index (χ2v) is 8.01. The van der Waals surface area contributed by atoms with Gasteiger partial charge in [0.25, 0.3) is 0 Å². The smallest absolute Gasteiger partial charge is 0.211 e. The molecule has 3 nitrogen and oxygen atoms in total. The Balaban J connectivity index is 2.15. The van der Waals surface area contributed by atoms with E-state index in [9.17, 15) is 8.42 Å². The van der Waals surface area contributed by atoms with E-state index in [4.69, 9.17) is 0 Å². The van der Waals surface area contributed by atoms with Crippen LogP contribution in [0.15, 0.2) is 27.6 Å². The zero-order chi connectivity index (χ0) is 13.4. The Kier molecular flexibility index (Phi) is 3.85. The van der Waals surface area contributed by atoms with Crippen molar-refractivity contribution in [3.63, 3.8) is 0 Å². The van der Waals surface area contributed by atoms with Gasteiger partial charge in [-0.25, -0.2) is 13.1 Å². The van der Waals surface area contributed by atoms with Crippen LogP contribution >= 0.6 is 15.9 Å². The number of hydrogen-bond acceptors (Lipinski definition) is 2. The molecule has 0 spiro atoms. The second-order valence-electron chi connectivity index (χ2n) is 5.42. The zero-order valence-electron chi connectivity index (χ0n) is 10.7. The third-order valence-electron chi connectivity index (χ3n) is 3.63. The molecule has 0 heterocycles. The summed E-state index contributed by atoms with van der Waals surface area (Å²) < 4.78 is 27.8. The Hall–Kier alpha value is -0.390. The monoisotopic (exact) mass is 331 g/mol. The Morgan fingerprint density at radius 2 is 2.06 bits per heavy atom. The summed E-state index contributed by atoms with van der Waals surface area (Å²) in [4.78, 5) is 0.316. The van der Waals surface area contributed by atoms with Gasteiger partial charge >= 0.3 is 0 Å². The van der Waals surface area contributed by atoms with Crippen molar-refractivity contribution < 1.29 is 8.42 Å². The average Bonchev–Trinajstić information content (AvgIpc) is 2.23. The zero-order valence-corrected chi connectivity index (χ0v) is 13.1. The molecule has 0 radical (unpaired) electrons. The molecule has 1 saturated carbocycles. The van der Waals surface area contributed by atoms with Crippen molar-refractivity contribution in [3.8, 4) is 0 Å². The van der Waals surface area contributed by atoms with Gasteiger partial charge in [-0.1, -0.05) is 19.4 Å². The molecule has 0 atom stereocenters. The van der Waals surface area contributed by atoms with Gasteiger partial charge in [-0.2, -0.15) is 0 Å². The summed E-state index contributed by atoms with van der Waals surface area (Å²) in [5, 5.41) is 0. The lowest BCUT2D eigenvalue weighted by Gasteiger charge is -2.38. The molecule has 0 saturated heterocycles. The average molecular weight is 332 g/mol. The highest BCUT2D eigenvalue weighted by molar-refractivity contribution is 9.10. The maximum atomic E-state index is 12.2. The topological polar surface area (TPSA) is 46.2 Å². The van der Waals surface area contributed by atoms with Crippen LogP contribution in [0.25, 0.3) is 0 Å². The van der Waals surface area contributed by atoms with Crippen LogP contribution in [0.1, 0.15) is 31.7 Å². The minimum Gasteiger partial charge on any atom is -0.211 e. The third kappa shape index (κ3) is 2.95. The molecule has 1 fully saturated rings. The number of halogens is 1. The van der Waals surface area contributed by atoms with Crippen molar-refractivity contribution in [2.45, 2.75) is 38.0 Å². The minimum atomic E-state index is -3.41. The number of benzene rings is 1. The van der Waals surface area contributed by atoms with Gasteiger partial charge in [-0.3, -0.25) is 0 Å². The summed E-state index contributed by atoms with van der Waals surface area (Å²) in [6, 6.07) is 5.27. The van der Waals surface area contributed by atoms with Gasteiger partial charge in [0.1, 0.15) is 0 Å². The minimum absolute atomic E-state index is 0.143. The normalized spacial score (nSPS) is 18.4. The van der Waals surface area contributed by atoms with Crippen LogP contribution in [-0.4, -0.2) is 15.0 Å². The summed E-state index contributed by atoms with van der Waals surface area (Å²) in [5.41, 5.74) is 1.18. The van der Waals surface area contributed by atoms with Crippen molar-refractivity contribution in [1.82, 2.24) is 4.72 Å². The van der Waals surface area contributed by atoms with Crippen molar-refractivity contribution >= 4 is 26.0 Å². The van der Waals surface area contributed by atoms with Gasteiger partial charge in [0.2, 0.25) is 10.0 Å². The van der Waals surface area contributed by atoms with Gasteiger partial charge in [-0.05, 0) is 58.8 Å². The fourth-order valence-electron chi connectivity index (χ4n) is 2.13. The predicted octanol–water partition coefficient (Wildman–Crippen LogP) is 3.23. The Bertz CT molecular complexity index is 550. The fraction of sp³-hybridized carbons (Fsp3) is 0.538. The summed E-state index contributed by atoms with van der Waals surface area (Å²) >= 11 is 3.32. The van der Waals surface area contributed by atoms with Gasteiger partial charge < -0.3 is 0 Å². The Morgan fingerprint density at radius 1 is 1.39 bits per heavy atom. The van der Waals surface area contributed by atoms with E-state index in [1.165, 1.54) is 6.42 Å². The molecule has 1 aromatic rings. The quantitative estimate of drug-likeness (QED) is 0.920. The molecular weight excluding hydrogens is 314 g/mol. The first-order valence-electron chi connectivity index (χ1n) is 6.08. The fourth-order valence-corrected chi connectivity index (χ4v) is 4.52. The molecule has 0 bridgehead atoms. The van der Waals surface area contributed by atoms with Crippen LogP contribution in [-0.2, 0) is 10.0 Å². The molecular formula is C13H18BrNO2S. The Labute approximate surface area is 117 Å². The molecule has 0 unspecified atom stereocenters. The summed E-state index contributed by atoms with van der Waals surface area (Å²) in [6.45, 7) is 4.59. The molecule has 0 amide bonds. The molecule has 1 N–H and O–H groups in total. The lowest BCUT2D eigenvalue weighted by atomic mass is 9.71. The number of aryl methyl sites for hydroxylation is 1. The molecule has 0 aliphatic heterocycles. The van der Waals surface area contributed by atoms with E-state index in [0.29, 0.717) is 15.9 Å². The summed E-state index contributed by atoms with van der Waals surface area (Å²) in [7, 11) is -3.41. The lowest BCUT2D eigenvalue weighted by Crippen LogP contribution is -2.39. The number of rotatable bonds is 4. The predicted molar refractivity (Wildman–Crippen MR) is 76.0 cm³/mol. The van der Waals surface area contributed by atoms with Crippen LogP contribution in [0.4, 0.5) is 0 Å². The van der Waals surface area contributed by atoms with E-state index in [1.54, 1.807) is 6.07 Å². The highest BCUT2D eigenvalue weighted by Gasteiger charge is 2.33. The standard InChI is InChI=1S/C13H18BrNO2S/c1-10-4-5-12(11(14)8-10)18(16,17)15-9-13(2)6-3-7-13/h4-5,8,15H,3,6-7,9H2,1-2H3. The Morgan fingerprint density at radius 3 is 2.56 bits per heavy atom. The molecule has 1 aromatic carbocycles. The van der Waals surface area contributed by atoms with Gasteiger partial charge in [0.15, 0.2) is 0 Å². The second kappa shape index (κ2) is 4.94. The molecule has 18 heavy (non-hydrogen) atoms. The van der Waals surface area contributed by atoms with Crippen molar-refractivity contribution in [2.24, 2.45) is 5.41 Å². The number of nitrogens with one attached hydrogen (secondary N) is 1. The summed E-state index contributed by atoms with van der Waals surface area (Å²) in [5.74, 6) is 0. The van der Waals surface area contributed by atoms with Crippen LogP contribution in [0, 0.1) is 12.3 Å². The highest BCUT2D eigenvalue weighted by Crippen LogP contribution is 2.39. The molecule has 0 aromatic heterocycles. The van der Waals surface area contributed by atoms with Gasteiger partial charge in [0, 0.05) is 11.0 Å². The van der Waals surface area contributed by atoms with Crippen molar-refractivity contribution in [1.29, 1.82) is 0 Å². The van der Waals surface area contributed by atoms with E-state index in [0.717, 1.165) is 18.4 Å². The molecule has 100 valence electrons. The van der Waals surface area contributed by atoms with Crippen molar-refractivity contribution in [3.05, 3.63) is 28.2 Å². The van der Waals surface area contributed by atoms with E-state index in [1.807, 2.05) is 19.1 Å². The third-order valence-corrected chi connectivity index (χ3v) is 6.00. The van der Waals surface area contributed by atoms with Crippen molar-refractivity contribution in [2.75, 3.05) is 6.54 Å². The molecule has 5 heteroatoms. The molecule has 1 aliphatic rings. The first-order valence-corrected chi connectivity index (χ1v) is 8.36.